The Morgan fingerprint density at radius 3 is 3.00 bits per heavy atom. The summed E-state index contributed by atoms with van der Waals surface area (Å²) in [6, 6.07) is 8.00. The summed E-state index contributed by atoms with van der Waals surface area (Å²) < 4.78 is 7.44. The molecule has 25 heavy (non-hydrogen) atoms. The predicted octanol–water partition coefficient (Wildman–Crippen LogP) is 4.50. The van der Waals surface area contributed by atoms with Gasteiger partial charge in [0.25, 0.3) is 0 Å². The van der Waals surface area contributed by atoms with Crippen molar-refractivity contribution in [2.75, 3.05) is 13.7 Å². The Hall–Kier alpha value is -2.40. The van der Waals surface area contributed by atoms with Gasteiger partial charge in [-0.15, -0.1) is 17.9 Å². The second-order valence-corrected chi connectivity index (χ2v) is 6.69. The summed E-state index contributed by atoms with van der Waals surface area (Å²) in [4.78, 5) is 5.45. The first-order chi connectivity index (χ1) is 12.3. The van der Waals surface area contributed by atoms with Gasteiger partial charge >= 0.3 is 0 Å². The van der Waals surface area contributed by atoms with Crippen molar-refractivity contribution in [1.82, 2.24) is 4.68 Å². The van der Waals surface area contributed by atoms with Gasteiger partial charge in [0, 0.05) is 17.2 Å². The van der Waals surface area contributed by atoms with Crippen LogP contribution in [-0.2, 0) is 0 Å². The highest BCUT2D eigenvalue weighted by molar-refractivity contribution is 7.07. The van der Waals surface area contributed by atoms with Gasteiger partial charge in [0.2, 0.25) is 4.80 Å². The third kappa shape index (κ3) is 4.17. The lowest BCUT2D eigenvalue weighted by Gasteiger charge is -2.13. The summed E-state index contributed by atoms with van der Waals surface area (Å²) in [7, 11) is 1.69. The van der Waals surface area contributed by atoms with E-state index in [1.807, 2.05) is 28.9 Å². The van der Waals surface area contributed by atoms with Crippen LogP contribution in [0.25, 0.3) is 11.3 Å². The van der Waals surface area contributed by atoms with Crippen molar-refractivity contribution in [2.45, 2.75) is 19.3 Å². The Kier molecular flexibility index (Phi) is 6.01. The van der Waals surface area contributed by atoms with Crippen LogP contribution in [0.2, 0.25) is 0 Å². The molecule has 1 unspecified atom stereocenters. The van der Waals surface area contributed by atoms with E-state index in [0.29, 0.717) is 12.5 Å². The second-order valence-electron chi connectivity index (χ2n) is 5.85. The number of aromatic nitrogens is 1. The molecule has 1 aromatic carbocycles. The number of hydrogen-bond donors (Lipinski definition) is 0. The van der Waals surface area contributed by atoms with Gasteiger partial charge in [-0.2, -0.15) is 5.10 Å². The third-order valence-corrected chi connectivity index (χ3v) is 4.98. The molecule has 1 aliphatic carbocycles. The van der Waals surface area contributed by atoms with Crippen LogP contribution in [0, 0.1) is 5.92 Å². The van der Waals surface area contributed by atoms with Crippen molar-refractivity contribution in [3.8, 4) is 17.0 Å². The number of allylic oxidation sites excluding steroid dienone is 2. The number of nitrogens with zero attached hydrogens (tertiary/aromatic N) is 3. The van der Waals surface area contributed by atoms with Crippen LogP contribution in [0.5, 0.6) is 5.75 Å². The maximum atomic E-state index is 5.52. The molecule has 0 saturated carbocycles. The van der Waals surface area contributed by atoms with Gasteiger partial charge < -0.3 is 4.74 Å². The minimum atomic E-state index is 0.482. The van der Waals surface area contributed by atoms with Gasteiger partial charge in [-0.1, -0.05) is 30.4 Å². The third-order valence-electron chi connectivity index (χ3n) is 4.13. The highest BCUT2D eigenvalue weighted by atomic mass is 32.1. The monoisotopic (exact) mass is 353 g/mol. The zero-order valence-corrected chi connectivity index (χ0v) is 15.3. The number of thiazole rings is 1. The first-order valence-electron chi connectivity index (χ1n) is 8.48. The van der Waals surface area contributed by atoms with Gasteiger partial charge in [-0.3, -0.25) is 4.99 Å². The van der Waals surface area contributed by atoms with E-state index in [4.69, 9.17) is 9.84 Å². The van der Waals surface area contributed by atoms with Crippen LogP contribution in [0.4, 0.5) is 0 Å². The molecule has 0 amide bonds. The molecule has 1 aliphatic rings. The highest BCUT2D eigenvalue weighted by Crippen LogP contribution is 2.30. The van der Waals surface area contributed by atoms with Crippen molar-refractivity contribution in [2.24, 2.45) is 16.0 Å². The van der Waals surface area contributed by atoms with Gasteiger partial charge in [0.05, 0.1) is 19.3 Å². The van der Waals surface area contributed by atoms with Crippen molar-refractivity contribution in [3.63, 3.8) is 0 Å². The van der Waals surface area contributed by atoms with E-state index >= 15 is 0 Å². The van der Waals surface area contributed by atoms with Crippen molar-refractivity contribution in [3.05, 3.63) is 59.3 Å². The normalized spacial score (nSPS) is 18.0. The quantitative estimate of drug-likeness (QED) is 0.556. The Morgan fingerprint density at radius 1 is 1.36 bits per heavy atom. The number of rotatable bonds is 6. The Balaban J connectivity index is 2.03. The molecule has 2 aromatic rings. The predicted molar refractivity (Wildman–Crippen MR) is 105 cm³/mol. The standard InChI is InChI=1S/C20H23N3OS/c1-3-13-21-20-23(22-14-16-9-5-4-6-10-16)18(15-25-20)17-11-7-8-12-19(17)24-2/h3-5,7-8,11-12,14-16H,1,6,9-10,13H2,2H3. The molecule has 1 atom stereocenters. The largest absolute Gasteiger partial charge is 0.496 e. The molecule has 130 valence electrons. The van der Waals surface area contributed by atoms with Crippen LogP contribution in [0.15, 0.2) is 64.5 Å². The van der Waals surface area contributed by atoms with Crippen LogP contribution in [-0.4, -0.2) is 24.5 Å². The number of hydrogen-bond acceptors (Lipinski definition) is 4. The van der Waals surface area contributed by atoms with E-state index in [2.05, 4.69) is 35.3 Å². The molecule has 0 saturated heterocycles. The second kappa shape index (κ2) is 8.62. The number of ether oxygens (including phenoxy) is 1. The number of methoxy groups -OCH3 is 1. The molecule has 0 spiro atoms. The molecule has 1 heterocycles. The zero-order valence-electron chi connectivity index (χ0n) is 14.5. The summed E-state index contributed by atoms with van der Waals surface area (Å²) in [5, 5.41) is 6.86. The fraction of sp³-hybridized carbons (Fsp3) is 0.300. The van der Waals surface area contributed by atoms with Gasteiger partial charge in [-0.05, 0) is 37.3 Å². The smallest absolute Gasteiger partial charge is 0.206 e. The average Bonchev–Trinajstić information content (AvgIpc) is 3.08. The number of benzene rings is 1. The molecule has 4 nitrogen and oxygen atoms in total. The molecular formula is C20H23N3OS. The van der Waals surface area contributed by atoms with Crippen LogP contribution in [0.3, 0.4) is 0 Å². The maximum Gasteiger partial charge on any atom is 0.206 e. The summed E-state index contributed by atoms with van der Waals surface area (Å²) in [5.74, 6) is 1.32. The highest BCUT2D eigenvalue weighted by Gasteiger charge is 2.13. The molecule has 0 bridgehead atoms. The van der Waals surface area contributed by atoms with E-state index in [1.165, 1.54) is 0 Å². The van der Waals surface area contributed by atoms with Gasteiger partial charge in [-0.25, -0.2) is 4.68 Å². The Bertz CT molecular complexity index is 845. The van der Waals surface area contributed by atoms with Crippen molar-refractivity contribution < 1.29 is 4.74 Å². The molecule has 0 fully saturated rings. The number of para-hydroxylation sites is 1. The fourth-order valence-electron chi connectivity index (χ4n) is 2.82. The van der Waals surface area contributed by atoms with Gasteiger partial charge in [0.15, 0.2) is 0 Å². The first kappa shape index (κ1) is 17.4. The molecular weight excluding hydrogens is 330 g/mol. The summed E-state index contributed by atoms with van der Waals surface area (Å²) >= 11 is 1.58. The van der Waals surface area contributed by atoms with E-state index in [1.54, 1.807) is 24.5 Å². The minimum absolute atomic E-state index is 0.482. The lowest BCUT2D eigenvalue weighted by Crippen LogP contribution is -2.14. The summed E-state index contributed by atoms with van der Waals surface area (Å²) in [6.07, 6.45) is 11.7. The first-order valence-corrected chi connectivity index (χ1v) is 9.36. The van der Waals surface area contributed by atoms with Crippen LogP contribution < -0.4 is 9.54 Å². The Labute approximate surface area is 152 Å². The fourth-order valence-corrected chi connectivity index (χ4v) is 3.66. The minimum Gasteiger partial charge on any atom is -0.496 e. The molecule has 3 rings (SSSR count). The van der Waals surface area contributed by atoms with Crippen molar-refractivity contribution in [1.29, 1.82) is 0 Å². The summed E-state index contributed by atoms with van der Waals surface area (Å²) in [6.45, 7) is 4.33. The van der Waals surface area contributed by atoms with Gasteiger partial charge in [0.1, 0.15) is 5.75 Å². The lowest BCUT2D eigenvalue weighted by atomic mass is 9.96. The molecule has 0 aliphatic heterocycles. The van der Waals surface area contributed by atoms with E-state index in [9.17, 15) is 0 Å². The van der Waals surface area contributed by atoms with Crippen LogP contribution >= 0.6 is 11.3 Å². The average molecular weight is 353 g/mol. The lowest BCUT2D eigenvalue weighted by molar-refractivity contribution is 0.416. The zero-order chi connectivity index (χ0) is 17.5. The molecule has 5 heteroatoms. The molecule has 0 N–H and O–H groups in total. The summed E-state index contributed by atoms with van der Waals surface area (Å²) in [5.41, 5.74) is 2.01. The Morgan fingerprint density at radius 2 is 2.24 bits per heavy atom. The topological polar surface area (TPSA) is 38.9 Å². The van der Waals surface area contributed by atoms with E-state index in [-0.39, 0.29) is 0 Å². The molecule has 1 aromatic heterocycles. The van der Waals surface area contributed by atoms with Crippen molar-refractivity contribution >= 4 is 17.6 Å². The van der Waals surface area contributed by atoms with E-state index in [0.717, 1.165) is 41.1 Å². The van der Waals surface area contributed by atoms with Crippen LogP contribution in [0.1, 0.15) is 19.3 Å². The van der Waals surface area contributed by atoms with E-state index < -0.39 is 0 Å². The molecule has 0 radical (unpaired) electrons. The maximum absolute atomic E-state index is 5.52. The SMILES string of the molecule is C=CCN=c1scc(-c2ccccc2OC)n1N=CC1CC=CCC1.